The Morgan fingerprint density at radius 1 is 1.25 bits per heavy atom. The fraction of sp³-hybridized carbons (Fsp3) is 0.0667. The van der Waals surface area contributed by atoms with Gasteiger partial charge in [-0.15, -0.1) is 0 Å². The van der Waals surface area contributed by atoms with Gasteiger partial charge in [-0.1, -0.05) is 41.6 Å². The summed E-state index contributed by atoms with van der Waals surface area (Å²) in [5.41, 5.74) is 3.54. The summed E-state index contributed by atoms with van der Waals surface area (Å²) in [5, 5.41) is 10.6. The number of aromatic amines is 1. The van der Waals surface area contributed by atoms with Gasteiger partial charge in [0.15, 0.2) is 5.16 Å². The molecule has 0 aliphatic heterocycles. The van der Waals surface area contributed by atoms with Crippen molar-refractivity contribution in [3.63, 3.8) is 0 Å². The molecule has 0 aliphatic carbocycles. The van der Waals surface area contributed by atoms with Gasteiger partial charge in [-0.05, 0) is 29.8 Å². The predicted octanol–water partition coefficient (Wildman–Crippen LogP) is 4.38. The maximum Gasteiger partial charge on any atom is 0.166 e. The molecule has 0 unspecified atom stereocenters. The third kappa shape index (κ3) is 2.64. The fourth-order valence-electron chi connectivity index (χ4n) is 1.93. The molecule has 0 saturated carbocycles. The van der Waals surface area contributed by atoms with Crippen LogP contribution >= 0.6 is 23.4 Å². The number of nitrogens with zero attached hydrogens (tertiary/aromatic N) is 2. The molecule has 0 saturated heterocycles. The molecule has 1 N–H and O–H groups in total. The molecule has 0 bridgehead atoms. The Kier molecular flexibility index (Phi) is 3.64. The van der Waals surface area contributed by atoms with Crippen LogP contribution < -0.4 is 0 Å². The molecule has 0 fully saturated rings. The van der Waals surface area contributed by atoms with E-state index >= 15 is 0 Å². The normalized spacial score (nSPS) is 10.6. The van der Waals surface area contributed by atoms with E-state index in [4.69, 9.17) is 16.9 Å². The number of thioether (sulfide) groups is 1. The highest BCUT2D eigenvalue weighted by molar-refractivity contribution is 7.98. The number of hydrogen-bond donors (Lipinski definition) is 1. The van der Waals surface area contributed by atoms with E-state index in [1.807, 2.05) is 42.5 Å². The molecule has 3 aromatic rings. The van der Waals surface area contributed by atoms with Gasteiger partial charge in [-0.2, -0.15) is 5.26 Å². The summed E-state index contributed by atoms with van der Waals surface area (Å²) in [6.07, 6.45) is 0. The molecule has 2 aromatic carbocycles. The monoisotopic (exact) mass is 299 g/mol. The quantitative estimate of drug-likeness (QED) is 0.730. The van der Waals surface area contributed by atoms with Crippen molar-refractivity contribution in [1.82, 2.24) is 9.97 Å². The number of halogens is 1. The zero-order valence-corrected chi connectivity index (χ0v) is 12.0. The summed E-state index contributed by atoms with van der Waals surface area (Å²) < 4.78 is 0. The summed E-state index contributed by atoms with van der Waals surface area (Å²) in [7, 11) is 0. The molecule has 5 heteroatoms. The van der Waals surface area contributed by atoms with Crippen LogP contribution in [0.5, 0.6) is 0 Å². The number of hydrogen-bond acceptors (Lipinski definition) is 3. The first-order valence-corrected chi connectivity index (χ1v) is 7.39. The number of imidazole rings is 1. The second kappa shape index (κ2) is 5.58. The second-order valence-electron chi connectivity index (χ2n) is 4.26. The predicted molar refractivity (Wildman–Crippen MR) is 81.8 cm³/mol. The largest absolute Gasteiger partial charge is 0.333 e. The number of nitriles is 1. The molecule has 98 valence electrons. The molecule has 3 nitrogen and oxygen atoms in total. The third-order valence-corrected chi connectivity index (χ3v) is 4.08. The van der Waals surface area contributed by atoms with Gasteiger partial charge in [-0.3, -0.25) is 0 Å². The first-order valence-electron chi connectivity index (χ1n) is 6.02. The molecule has 0 amide bonds. The zero-order chi connectivity index (χ0) is 13.9. The lowest BCUT2D eigenvalue weighted by Gasteiger charge is -2.01. The van der Waals surface area contributed by atoms with Crippen LogP contribution in [0.25, 0.3) is 11.0 Å². The Hall–Kier alpha value is -1.96. The Morgan fingerprint density at radius 3 is 2.95 bits per heavy atom. The fourth-order valence-corrected chi connectivity index (χ4v) is 2.99. The summed E-state index contributed by atoms with van der Waals surface area (Å²) in [6, 6.07) is 15.4. The van der Waals surface area contributed by atoms with Gasteiger partial charge in [0.2, 0.25) is 0 Å². The molecular weight excluding hydrogens is 290 g/mol. The zero-order valence-electron chi connectivity index (χ0n) is 10.4. The van der Waals surface area contributed by atoms with Crippen LogP contribution in [0.1, 0.15) is 11.1 Å². The van der Waals surface area contributed by atoms with E-state index in [0.29, 0.717) is 16.3 Å². The molecule has 0 radical (unpaired) electrons. The number of aromatic nitrogens is 2. The van der Waals surface area contributed by atoms with Crippen molar-refractivity contribution in [3.8, 4) is 6.07 Å². The molecule has 0 spiro atoms. The SMILES string of the molecule is N#Cc1ccccc1CSc1nc2ccc(Cl)cc2[nH]1. The van der Waals surface area contributed by atoms with Gasteiger partial charge in [-0.25, -0.2) is 4.98 Å². The van der Waals surface area contributed by atoms with Crippen LogP contribution in [0.2, 0.25) is 5.02 Å². The van der Waals surface area contributed by atoms with Crippen molar-refractivity contribution in [2.24, 2.45) is 0 Å². The number of rotatable bonds is 3. The van der Waals surface area contributed by atoms with E-state index in [-0.39, 0.29) is 0 Å². The lowest BCUT2D eigenvalue weighted by molar-refractivity contribution is 1.08. The number of benzene rings is 2. The van der Waals surface area contributed by atoms with E-state index in [9.17, 15) is 0 Å². The van der Waals surface area contributed by atoms with Crippen molar-refractivity contribution in [1.29, 1.82) is 5.26 Å². The average Bonchev–Trinajstić information content (AvgIpc) is 2.87. The number of nitrogens with one attached hydrogen (secondary N) is 1. The molecule has 1 aromatic heterocycles. The van der Waals surface area contributed by atoms with Crippen LogP contribution in [0.15, 0.2) is 47.6 Å². The number of fused-ring (bicyclic) bond motifs is 1. The van der Waals surface area contributed by atoms with Crippen LogP contribution in [-0.2, 0) is 5.75 Å². The molecule has 20 heavy (non-hydrogen) atoms. The summed E-state index contributed by atoms with van der Waals surface area (Å²) >= 11 is 7.52. The van der Waals surface area contributed by atoms with E-state index in [1.54, 1.807) is 11.8 Å². The van der Waals surface area contributed by atoms with E-state index in [2.05, 4.69) is 16.0 Å². The minimum absolute atomic E-state index is 0.688. The number of H-pyrrole nitrogens is 1. The Bertz CT molecular complexity index is 804. The first-order chi connectivity index (χ1) is 9.76. The highest BCUT2D eigenvalue weighted by Gasteiger charge is 2.06. The Balaban J connectivity index is 1.82. The van der Waals surface area contributed by atoms with Crippen molar-refractivity contribution in [2.75, 3.05) is 0 Å². The van der Waals surface area contributed by atoms with Gasteiger partial charge < -0.3 is 4.98 Å². The first kappa shape index (κ1) is 13.0. The van der Waals surface area contributed by atoms with Crippen molar-refractivity contribution in [3.05, 3.63) is 58.6 Å². The minimum atomic E-state index is 0.688. The molecular formula is C15H10ClN3S. The Morgan fingerprint density at radius 2 is 2.10 bits per heavy atom. The van der Waals surface area contributed by atoms with Gasteiger partial charge in [0, 0.05) is 10.8 Å². The van der Waals surface area contributed by atoms with Gasteiger partial charge in [0.25, 0.3) is 0 Å². The van der Waals surface area contributed by atoms with Gasteiger partial charge in [0.05, 0.1) is 22.7 Å². The minimum Gasteiger partial charge on any atom is -0.333 e. The summed E-state index contributed by atoms with van der Waals surface area (Å²) in [4.78, 5) is 7.72. The molecule has 0 aliphatic rings. The molecule has 3 rings (SSSR count). The van der Waals surface area contributed by atoms with Crippen LogP contribution in [0.4, 0.5) is 0 Å². The lowest BCUT2D eigenvalue weighted by atomic mass is 10.1. The van der Waals surface area contributed by atoms with E-state index in [1.165, 1.54) is 0 Å². The third-order valence-electron chi connectivity index (χ3n) is 2.92. The summed E-state index contributed by atoms with van der Waals surface area (Å²) in [5.74, 6) is 0.706. The van der Waals surface area contributed by atoms with Crippen molar-refractivity contribution >= 4 is 34.4 Å². The van der Waals surface area contributed by atoms with Gasteiger partial charge >= 0.3 is 0 Å². The standard InChI is InChI=1S/C15H10ClN3S/c16-12-5-6-13-14(7-12)19-15(18-13)20-9-11-4-2-1-3-10(11)8-17/h1-7H,9H2,(H,18,19). The van der Waals surface area contributed by atoms with Crippen molar-refractivity contribution in [2.45, 2.75) is 10.9 Å². The summed E-state index contributed by atoms with van der Waals surface area (Å²) in [6.45, 7) is 0. The highest BCUT2D eigenvalue weighted by Crippen LogP contribution is 2.25. The van der Waals surface area contributed by atoms with Gasteiger partial charge in [0.1, 0.15) is 0 Å². The Labute approximate surface area is 125 Å². The maximum absolute atomic E-state index is 9.06. The second-order valence-corrected chi connectivity index (χ2v) is 5.66. The molecule has 0 atom stereocenters. The maximum atomic E-state index is 9.06. The van der Waals surface area contributed by atoms with Crippen molar-refractivity contribution < 1.29 is 0 Å². The highest BCUT2D eigenvalue weighted by atomic mass is 35.5. The molecule has 1 heterocycles. The smallest absolute Gasteiger partial charge is 0.166 e. The van der Waals surface area contributed by atoms with Crippen LogP contribution in [0, 0.1) is 11.3 Å². The topological polar surface area (TPSA) is 52.5 Å². The average molecular weight is 300 g/mol. The van der Waals surface area contributed by atoms with Crippen LogP contribution in [0.3, 0.4) is 0 Å². The van der Waals surface area contributed by atoms with E-state index < -0.39 is 0 Å². The van der Waals surface area contributed by atoms with Crippen LogP contribution in [-0.4, -0.2) is 9.97 Å². The lowest BCUT2D eigenvalue weighted by Crippen LogP contribution is -1.87. The van der Waals surface area contributed by atoms with E-state index in [0.717, 1.165) is 21.8 Å².